The molecule has 0 spiro atoms. The van der Waals surface area contributed by atoms with E-state index in [4.69, 9.17) is 22.7 Å². The zero-order chi connectivity index (χ0) is 14.0. The van der Waals surface area contributed by atoms with Crippen LogP contribution in [0, 0.1) is 17.6 Å². The van der Waals surface area contributed by atoms with Crippen LogP contribution in [0.5, 0.6) is 5.75 Å². The standard InChI is InChI=1S/C14H17F2NOS/c1-8-3-2-4-10(5-8)18-13-11(15)6-9(14(17)19)7-12(13)16/h6-8,10H,2-5H2,1H3,(H2,17,19). The second-order valence-electron chi connectivity index (χ2n) is 5.14. The summed E-state index contributed by atoms with van der Waals surface area (Å²) in [5.41, 5.74) is 5.54. The normalized spacial score (nSPS) is 23.1. The summed E-state index contributed by atoms with van der Waals surface area (Å²) in [6.45, 7) is 2.12. The SMILES string of the molecule is CC1CCCC(Oc2c(F)cc(C(N)=S)cc2F)C1. The summed E-state index contributed by atoms with van der Waals surface area (Å²) in [6.07, 6.45) is 3.71. The fourth-order valence-corrected chi connectivity index (χ4v) is 2.58. The van der Waals surface area contributed by atoms with E-state index in [1.165, 1.54) is 0 Å². The smallest absolute Gasteiger partial charge is 0.191 e. The summed E-state index contributed by atoms with van der Waals surface area (Å²) in [5.74, 6) is -1.29. The molecule has 104 valence electrons. The minimum atomic E-state index is -0.749. The van der Waals surface area contributed by atoms with Gasteiger partial charge in [0.1, 0.15) is 4.99 Å². The van der Waals surface area contributed by atoms with Crippen LogP contribution in [0.2, 0.25) is 0 Å². The number of benzene rings is 1. The molecule has 2 unspecified atom stereocenters. The van der Waals surface area contributed by atoms with E-state index in [0.717, 1.165) is 37.8 Å². The van der Waals surface area contributed by atoms with Crippen LogP contribution in [0.3, 0.4) is 0 Å². The summed E-state index contributed by atoms with van der Waals surface area (Å²) in [6, 6.07) is 2.24. The van der Waals surface area contributed by atoms with Crippen LogP contribution in [0.1, 0.15) is 38.2 Å². The highest BCUT2D eigenvalue weighted by Gasteiger charge is 2.23. The zero-order valence-electron chi connectivity index (χ0n) is 10.8. The molecular formula is C14H17F2NOS. The number of rotatable bonds is 3. The summed E-state index contributed by atoms with van der Waals surface area (Å²) < 4.78 is 33.2. The summed E-state index contributed by atoms with van der Waals surface area (Å²) in [4.78, 5) is -0.0318. The van der Waals surface area contributed by atoms with Crippen molar-refractivity contribution >= 4 is 17.2 Å². The highest BCUT2D eigenvalue weighted by Crippen LogP contribution is 2.30. The first kappa shape index (κ1) is 14.2. The average molecular weight is 285 g/mol. The van der Waals surface area contributed by atoms with Gasteiger partial charge in [-0.3, -0.25) is 0 Å². The van der Waals surface area contributed by atoms with Crippen LogP contribution in [0.25, 0.3) is 0 Å². The van der Waals surface area contributed by atoms with Crippen molar-refractivity contribution < 1.29 is 13.5 Å². The van der Waals surface area contributed by atoms with Gasteiger partial charge in [-0.25, -0.2) is 8.78 Å². The van der Waals surface area contributed by atoms with Gasteiger partial charge in [0.05, 0.1) is 6.10 Å². The quantitative estimate of drug-likeness (QED) is 0.863. The Morgan fingerprint density at radius 1 is 1.32 bits per heavy atom. The van der Waals surface area contributed by atoms with Crippen LogP contribution in [0.15, 0.2) is 12.1 Å². The van der Waals surface area contributed by atoms with Gasteiger partial charge in [0.2, 0.25) is 0 Å². The van der Waals surface area contributed by atoms with Crippen molar-refractivity contribution in [2.24, 2.45) is 11.7 Å². The Labute approximate surface area is 116 Å². The molecular weight excluding hydrogens is 268 g/mol. The van der Waals surface area contributed by atoms with Gasteiger partial charge in [0.25, 0.3) is 0 Å². The number of hydrogen-bond donors (Lipinski definition) is 1. The van der Waals surface area contributed by atoms with E-state index in [1.54, 1.807) is 0 Å². The highest BCUT2D eigenvalue weighted by atomic mass is 32.1. The van der Waals surface area contributed by atoms with E-state index in [9.17, 15) is 8.78 Å². The molecule has 1 aromatic carbocycles. The van der Waals surface area contributed by atoms with E-state index in [2.05, 4.69) is 6.92 Å². The molecule has 1 aliphatic rings. The third-order valence-electron chi connectivity index (χ3n) is 3.46. The minimum absolute atomic E-state index is 0.0318. The lowest BCUT2D eigenvalue weighted by molar-refractivity contribution is 0.119. The molecule has 0 aromatic heterocycles. The van der Waals surface area contributed by atoms with E-state index < -0.39 is 11.6 Å². The molecule has 5 heteroatoms. The Morgan fingerprint density at radius 2 is 1.95 bits per heavy atom. The maximum absolute atomic E-state index is 13.8. The predicted octanol–water partition coefficient (Wildman–Crippen LogP) is 3.56. The molecule has 0 saturated heterocycles. The van der Waals surface area contributed by atoms with Crippen molar-refractivity contribution in [1.29, 1.82) is 0 Å². The van der Waals surface area contributed by atoms with Gasteiger partial charge in [0.15, 0.2) is 17.4 Å². The topological polar surface area (TPSA) is 35.2 Å². The van der Waals surface area contributed by atoms with Gasteiger partial charge in [-0.2, -0.15) is 0 Å². The van der Waals surface area contributed by atoms with Crippen molar-refractivity contribution in [1.82, 2.24) is 0 Å². The van der Waals surface area contributed by atoms with E-state index >= 15 is 0 Å². The Bertz CT molecular complexity index is 469. The molecule has 0 bridgehead atoms. The lowest BCUT2D eigenvalue weighted by atomic mass is 9.89. The largest absolute Gasteiger partial charge is 0.484 e. The number of ether oxygens (including phenoxy) is 1. The van der Waals surface area contributed by atoms with Crippen LogP contribution >= 0.6 is 12.2 Å². The predicted molar refractivity (Wildman–Crippen MR) is 74.3 cm³/mol. The van der Waals surface area contributed by atoms with E-state index in [1.807, 2.05) is 0 Å². The van der Waals surface area contributed by atoms with Crippen LogP contribution in [0.4, 0.5) is 8.78 Å². The van der Waals surface area contributed by atoms with Crippen LogP contribution in [-0.4, -0.2) is 11.1 Å². The first-order valence-corrected chi connectivity index (χ1v) is 6.83. The van der Waals surface area contributed by atoms with Gasteiger partial charge in [-0.05, 0) is 37.3 Å². The molecule has 2 N–H and O–H groups in total. The fraction of sp³-hybridized carbons (Fsp3) is 0.500. The molecule has 1 saturated carbocycles. The fourth-order valence-electron chi connectivity index (χ4n) is 2.47. The molecule has 2 rings (SSSR count). The van der Waals surface area contributed by atoms with Gasteiger partial charge in [-0.15, -0.1) is 0 Å². The Hall–Kier alpha value is -1.23. The van der Waals surface area contributed by atoms with Crippen molar-refractivity contribution in [3.63, 3.8) is 0 Å². The van der Waals surface area contributed by atoms with Gasteiger partial charge >= 0.3 is 0 Å². The first-order chi connectivity index (χ1) is 8.97. The molecule has 2 nitrogen and oxygen atoms in total. The van der Waals surface area contributed by atoms with Gasteiger partial charge < -0.3 is 10.5 Å². The molecule has 1 fully saturated rings. The third kappa shape index (κ3) is 3.41. The monoisotopic (exact) mass is 285 g/mol. The second-order valence-corrected chi connectivity index (χ2v) is 5.58. The molecule has 0 aliphatic heterocycles. The van der Waals surface area contributed by atoms with E-state index in [-0.39, 0.29) is 22.4 Å². The van der Waals surface area contributed by atoms with Gasteiger partial charge in [0, 0.05) is 5.56 Å². The molecule has 2 atom stereocenters. The lowest BCUT2D eigenvalue weighted by Gasteiger charge is -2.27. The maximum Gasteiger partial charge on any atom is 0.191 e. The summed E-state index contributed by atoms with van der Waals surface area (Å²) >= 11 is 4.71. The molecule has 0 radical (unpaired) electrons. The Balaban J connectivity index is 2.18. The molecule has 19 heavy (non-hydrogen) atoms. The van der Waals surface area contributed by atoms with Crippen molar-refractivity contribution in [3.05, 3.63) is 29.3 Å². The molecule has 1 aliphatic carbocycles. The summed E-state index contributed by atoms with van der Waals surface area (Å²) in [5, 5.41) is 0. The van der Waals surface area contributed by atoms with Crippen molar-refractivity contribution in [2.75, 3.05) is 0 Å². The number of nitrogens with two attached hydrogens (primary N) is 1. The zero-order valence-corrected chi connectivity index (χ0v) is 11.6. The van der Waals surface area contributed by atoms with Crippen LogP contribution < -0.4 is 10.5 Å². The number of halogens is 2. The van der Waals surface area contributed by atoms with Gasteiger partial charge in [-0.1, -0.05) is 25.6 Å². The molecule has 0 heterocycles. The Kier molecular flexibility index (Phi) is 4.34. The Morgan fingerprint density at radius 3 is 2.47 bits per heavy atom. The lowest BCUT2D eigenvalue weighted by Crippen LogP contribution is -2.25. The number of thiocarbonyl (C=S) groups is 1. The second kappa shape index (κ2) is 5.82. The van der Waals surface area contributed by atoms with Crippen molar-refractivity contribution in [3.8, 4) is 5.75 Å². The summed E-state index contributed by atoms with van der Waals surface area (Å²) in [7, 11) is 0. The first-order valence-electron chi connectivity index (χ1n) is 6.43. The molecule has 0 amide bonds. The number of hydrogen-bond acceptors (Lipinski definition) is 2. The van der Waals surface area contributed by atoms with E-state index in [0.29, 0.717) is 5.92 Å². The van der Waals surface area contributed by atoms with Crippen LogP contribution in [-0.2, 0) is 0 Å². The molecule has 1 aromatic rings. The third-order valence-corrected chi connectivity index (χ3v) is 3.69. The average Bonchev–Trinajstić information content (AvgIpc) is 2.33. The van der Waals surface area contributed by atoms with Crippen molar-refractivity contribution in [2.45, 2.75) is 38.7 Å². The minimum Gasteiger partial charge on any atom is -0.484 e. The highest BCUT2D eigenvalue weighted by molar-refractivity contribution is 7.80. The maximum atomic E-state index is 13.8.